The summed E-state index contributed by atoms with van der Waals surface area (Å²) in [5.41, 5.74) is 1.35. The van der Waals surface area contributed by atoms with Crippen LogP contribution in [0.1, 0.15) is 37.7 Å². The van der Waals surface area contributed by atoms with Crippen LogP contribution in [0.5, 0.6) is 17.2 Å². The van der Waals surface area contributed by atoms with Crippen molar-refractivity contribution >= 4 is 27.6 Å². The highest BCUT2D eigenvalue weighted by molar-refractivity contribution is 7.88. The molecule has 1 aromatic heterocycles. The third-order valence-corrected chi connectivity index (χ3v) is 8.01. The second-order valence-electron chi connectivity index (χ2n) is 9.99. The molecule has 2 aliphatic rings. The lowest BCUT2D eigenvalue weighted by molar-refractivity contribution is -0.143. The van der Waals surface area contributed by atoms with E-state index in [4.69, 9.17) is 14.2 Å². The predicted octanol–water partition coefficient (Wildman–Crippen LogP) is 2.06. The van der Waals surface area contributed by atoms with Gasteiger partial charge in [-0.25, -0.2) is 13.1 Å². The fourth-order valence-corrected chi connectivity index (χ4v) is 5.92. The second kappa shape index (κ2) is 12.8. The molecule has 12 nitrogen and oxygen atoms in total. The molecule has 1 aromatic carbocycles. The fraction of sp³-hybridized carbons (Fsp3) is 0.519. The minimum atomic E-state index is -3.48. The molecule has 0 aliphatic carbocycles. The van der Waals surface area contributed by atoms with Crippen molar-refractivity contribution in [1.82, 2.24) is 14.6 Å². The number of carbonyl (C=O) groups is 2. The van der Waals surface area contributed by atoms with E-state index in [1.807, 2.05) is 17.9 Å². The van der Waals surface area contributed by atoms with Crippen molar-refractivity contribution in [2.24, 2.45) is 5.92 Å². The number of carbonyl (C=O) groups excluding carboxylic acids is 1. The monoisotopic (exact) mass is 576 g/mol. The summed E-state index contributed by atoms with van der Waals surface area (Å²) in [6.07, 6.45) is 6.21. The number of unbranched alkanes of at least 4 members (excludes halogenated alkanes) is 1. The number of pyridine rings is 1. The molecule has 0 bridgehead atoms. The number of anilines is 1. The normalized spacial score (nSPS) is 20.4. The molecular formula is C27H36N4O8S. The zero-order valence-corrected chi connectivity index (χ0v) is 23.7. The molecule has 4 rings (SSSR count). The first kappa shape index (κ1) is 29.6. The van der Waals surface area contributed by atoms with Crippen LogP contribution < -0.4 is 23.8 Å². The summed E-state index contributed by atoms with van der Waals surface area (Å²) in [6.45, 7) is 2.84. The Balaban J connectivity index is 1.66. The van der Waals surface area contributed by atoms with Gasteiger partial charge in [-0.05, 0) is 42.7 Å². The Morgan fingerprint density at radius 1 is 1.30 bits per heavy atom. The van der Waals surface area contributed by atoms with E-state index in [1.54, 1.807) is 35.5 Å². The van der Waals surface area contributed by atoms with Crippen LogP contribution in [0.25, 0.3) is 0 Å². The molecule has 3 heterocycles. The topological polar surface area (TPSA) is 148 Å². The van der Waals surface area contributed by atoms with E-state index in [0.29, 0.717) is 35.0 Å². The summed E-state index contributed by atoms with van der Waals surface area (Å²) < 4.78 is 42.5. The van der Waals surface area contributed by atoms with Crippen molar-refractivity contribution in [2.45, 2.75) is 38.1 Å². The van der Waals surface area contributed by atoms with Crippen molar-refractivity contribution in [3.05, 3.63) is 42.2 Å². The number of carboxylic acids is 1. The maximum absolute atomic E-state index is 13.7. The smallest absolute Gasteiger partial charge is 0.308 e. The Hall–Kier alpha value is -3.42. The first-order valence-electron chi connectivity index (χ1n) is 13.2. The van der Waals surface area contributed by atoms with Crippen molar-refractivity contribution < 1.29 is 37.3 Å². The number of methoxy groups -OCH3 is 1. The number of carboxylic acid groups (broad SMARTS) is 1. The van der Waals surface area contributed by atoms with Crippen LogP contribution in [0.4, 0.5) is 5.69 Å². The molecule has 2 N–H and O–H groups in total. The van der Waals surface area contributed by atoms with Crippen LogP contribution in [0.2, 0.25) is 0 Å². The Morgan fingerprint density at radius 2 is 2.10 bits per heavy atom. The summed E-state index contributed by atoms with van der Waals surface area (Å²) >= 11 is 0. The first-order valence-corrected chi connectivity index (χ1v) is 15.1. The molecule has 1 saturated heterocycles. The number of hydrogen-bond acceptors (Lipinski definition) is 9. The van der Waals surface area contributed by atoms with Gasteiger partial charge in [0, 0.05) is 37.8 Å². The fourth-order valence-electron chi connectivity index (χ4n) is 5.43. The van der Waals surface area contributed by atoms with Crippen molar-refractivity contribution in [3.63, 3.8) is 0 Å². The number of ether oxygens (including phenoxy) is 3. The Labute approximate surface area is 234 Å². The van der Waals surface area contributed by atoms with Gasteiger partial charge in [-0.1, -0.05) is 13.3 Å². The average Bonchev–Trinajstić information content (AvgIpc) is 3.53. The molecule has 0 spiro atoms. The highest BCUT2D eigenvalue weighted by Crippen LogP contribution is 2.47. The van der Waals surface area contributed by atoms with Crippen LogP contribution >= 0.6 is 0 Å². The number of nitrogens with zero attached hydrogens (tertiary/aromatic N) is 3. The summed E-state index contributed by atoms with van der Waals surface area (Å²) in [6, 6.07) is 6.47. The quantitative estimate of drug-likeness (QED) is 0.363. The third-order valence-electron chi connectivity index (χ3n) is 7.28. The van der Waals surface area contributed by atoms with Gasteiger partial charge in [-0.3, -0.25) is 19.5 Å². The highest BCUT2D eigenvalue weighted by atomic mass is 32.2. The molecular weight excluding hydrogens is 540 g/mol. The van der Waals surface area contributed by atoms with E-state index >= 15 is 0 Å². The zero-order valence-electron chi connectivity index (χ0n) is 22.9. The predicted molar refractivity (Wildman–Crippen MR) is 147 cm³/mol. The van der Waals surface area contributed by atoms with E-state index < -0.39 is 33.9 Å². The molecule has 40 heavy (non-hydrogen) atoms. The summed E-state index contributed by atoms with van der Waals surface area (Å²) in [5.74, 6) is -1.29. The van der Waals surface area contributed by atoms with Crippen LogP contribution in [-0.2, 0) is 19.6 Å². The number of sulfonamides is 1. The molecule has 2 aliphatic heterocycles. The lowest BCUT2D eigenvalue weighted by Gasteiger charge is -2.29. The number of amides is 1. The average molecular weight is 577 g/mol. The van der Waals surface area contributed by atoms with Crippen LogP contribution in [0, 0.1) is 5.92 Å². The number of aliphatic carboxylic acids is 1. The number of benzene rings is 1. The molecule has 0 saturated carbocycles. The van der Waals surface area contributed by atoms with Crippen molar-refractivity contribution in [3.8, 4) is 17.2 Å². The van der Waals surface area contributed by atoms with E-state index in [9.17, 15) is 23.1 Å². The third kappa shape index (κ3) is 6.83. The Morgan fingerprint density at radius 3 is 2.75 bits per heavy atom. The minimum absolute atomic E-state index is 0.0323. The van der Waals surface area contributed by atoms with Gasteiger partial charge in [0.1, 0.15) is 0 Å². The molecule has 0 radical (unpaired) electrons. The molecule has 2 aromatic rings. The van der Waals surface area contributed by atoms with Gasteiger partial charge in [0.25, 0.3) is 0 Å². The minimum Gasteiger partial charge on any atom is -0.493 e. The van der Waals surface area contributed by atoms with Gasteiger partial charge in [0.15, 0.2) is 11.5 Å². The molecule has 1 fully saturated rings. The standard InChI is InChI=1S/C27H36N4O8S/c1-4-5-11-31(19-7-6-9-28-14-19)24(32)16-30-15-20(18-12-22(37-2)26-23(13-18)38-17-39-26)25(27(33)34)21(30)8-10-29-40(3,35)36/h6-7,9,12-14,20-21,25,29H,4-5,8,10-11,15-17H2,1-3H3,(H,33,34)/t20-,21+,25-/m1/s1. The first-order chi connectivity index (χ1) is 19.1. The number of nitrogens with one attached hydrogen (secondary N) is 1. The number of hydrogen-bond donors (Lipinski definition) is 2. The van der Waals surface area contributed by atoms with E-state index in [2.05, 4.69) is 9.71 Å². The summed E-state index contributed by atoms with van der Waals surface area (Å²) in [4.78, 5) is 34.1. The molecule has 3 atom stereocenters. The highest BCUT2D eigenvalue weighted by Gasteiger charge is 2.47. The number of fused-ring (bicyclic) bond motifs is 1. The van der Waals surface area contributed by atoms with Gasteiger partial charge >= 0.3 is 5.97 Å². The maximum Gasteiger partial charge on any atom is 0.308 e. The lowest BCUT2D eigenvalue weighted by Crippen LogP contribution is -2.45. The number of likely N-dealkylation sites (tertiary alicyclic amines) is 1. The Kier molecular flexibility index (Phi) is 9.48. The number of rotatable bonds is 13. The zero-order chi connectivity index (χ0) is 28.9. The van der Waals surface area contributed by atoms with Gasteiger partial charge in [-0.2, -0.15) is 0 Å². The van der Waals surface area contributed by atoms with E-state index in [0.717, 1.165) is 19.1 Å². The molecule has 13 heteroatoms. The summed E-state index contributed by atoms with van der Waals surface area (Å²) in [5, 5.41) is 10.4. The van der Waals surface area contributed by atoms with Gasteiger partial charge < -0.3 is 24.2 Å². The van der Waals surface area contributed by atoms with Crippen molar-refractivity contribution in [2.75, 3.05) is 51.2 Å². The number of aromatic nitrogens is 1. The summed E-state index contributed by atoms with van der Waals surface area (Å²) in [7, 11) is -1.98. The lowest BCUT2D eigenvalue weighted by atomic mass is 9.84. The van der Waals surface area contributed by atoms with Gasteiger partial charge in [0.2, 0.25) is 28.5 Å². The Bertz CT molecular complexity index is 1310. The van der Waals surface area contributed by atoms with Crippen molar-refractivity contribution in [1.29, 1.82) is 0 Å². The second-order valence-corrected chi connectivity index (χ2v) is 11.8. The molecule has 1 amide bonds. The van der Waals surface area contributed by atoms with E-state index in [1.165, 1.54) is 7.11 Å². The van der Waals surface area contributed by atoms with Gasteiger partial charge in [0.05, 0.1) is 37.7 Å². The SMILES string of the molecule is CCCCN(C(=O)CN1C[C@H](c2cc(OC)c3c(c2)OCO3)[C@@H](C(=O)O)[C@@H]1CCNS(C)(=O)=O)c1cccnc1. The largest absolute Gasteiger partial charge is 0.493 e. The molecule has 0 unspecified atom stereocenters. The van der Waals surface area contributed by atoms with Crippen LogP contribution in [-0.4, -0.2) is 87.7 Å². The van der Waals surface area contributed by atoms with E-state index in [-0.39, 0.29) is 38.8 Å². The molecule has 218 valence electrons. The van der Waals surface area contributed by atoms with Crippen LogP contribution in [0.3, 0.4) is 0 Å². The maximum atomic E-state index is 13.7. The van der Waals surface area contributed by atoms with Crippen LogP contribution in [0.15, 0.2) is 36.7 Å². The van der Waals surface area contributed by atoms with Gasteiger partial charge in [-0.15, -0.1) is 0 Å².